The van der Waals surface area contributed by atoms with Gasteiger partial charge in [0.05, 0.1) is 11.4 Å². The Kier molecular flexibility index (Phi) is 16.2. The van der Waals surface area contributed by atoms with E-state index in [1.807, 2.05) is 0 Å². The minimum absolute atomic E-state index is 0.116. The highest BCUT2D eigenvalue weighted by molar-refractivity contribution is 7.00. The fourth-order valence-electron chi connectivity index (χ4n) is 17.0. The van der Waals surface area contributed by atoms with Crippen LogP contribution in [-0.2, 0) is 27.1 Å². The molecule has 2 aliphatic rings. The molecule has 4 nitrogen and oxygen atoms in total. The van der Waals surface area contributed by atoms with Crippen LogP contribution in [0.3, 0.4) is 0 Å². The molecule has 4 heterocycles. The molecule has 0 fully saturated rings. The summed E-state index contributed by atoms with van der Waals surface area (Å²) in [6, 6.07) is 111. The fraction of sp³-hybridized carbons (Fsp3) is 0.192. The Morgan fingerprint density at radius 2 is 0.587 bits per heavy atom. The van der Waals surface area contributed by atoms with Crippen LogP contribution in [0.1, 0.15) is 132 Å². The van der Waals surface area contributed by atoms with E-state index >= 15 is 0 Å². The molecule has 0 saturated heterocycles. The van der Waals surface area contributed by atoms with Gasteiger partial charge in [-0.05, 0) is 206 Å². The van der Waals surface area contributed by atoms with Gasteiger partial charge in [-0.1, -0.05) is 310 Å². The smallest absolute Gasteiger partial charge is 0.252 e. The summed E-state index contributed by atoms with van der Waals surface area (Å²) >= 11 is 0. The Morgan fingerprint density at radius 1 is 0.229 bits per heavy atom. The summed E-state index contributed by atoms with van der Waals surface area (Å²) in [5.41, 5.74) is 35.1. The number of rotatable bonds is 9. The lowest BCUT2D eigenvalue weighted by molar-refractivity contribution is 0.569. The number of benzene rings is 14. The van der Waals surface area contributed by atoms with E-state index in [0.717, 1.165) is 150 Å². The highest BCUT2D eigenvalue weighted by Crippen LogP contribution is 2.57. The monoisotopic (exact) mass is 1410 g/mol. The molecule has 16 aromatic rings. The lowest BCUT2D eigenvalue weighted by atomic mass is 9.33. The molecule has 0 aliphatic carbocycles. The maximum Gasteiger partial charge on any atom is 0.252 e. The molecule has 14 aromatic carbocycles. The van der Waals surface area contributed by atoms with Crippen LogP contribution in [0, 0.1) is 0 Å². The van der Waals surface area contributed by atoms with Crippen molar-refractivity contribution < 1.29 is 8.83 Å². The summed E-state index contributed by atoms with van der Waals surface area (Å²) in [7, 11) is 0. The number of furan rings is 2. The van der Waals surface area contributed by atoms with Crippen molar-refractivity contribution in [2.75, 3.05) is 9.80 Å². The van der Waals surface area contributed by atoms with Crippen molar-refractivity contribution >= 4 is 101 Å². The van der Waals surface area contributed by atoms with E-state index in [4.69, 9.17) is 8.83 Å². The topological polar surface area (TPSA) is 32.8 Å². The van der Waals surface area contributed by atoms with Crippen LogP contribution in [0.15, 0.2) is 300 Å². The number of anilines is 6. The number of nitrogens with zero attached hydrogens (tertiary/aromatic N) is 2. The first-order valence-electron chi connectivity index (χ1n) is 38.9. The van der Waals surface area contributed by atoms with Gasteiger partial charge in [-0.25, -0.2) is 0 Å². The van der Waals surface area contributed by atoms with Gasteiger partial charge in [-0.2, -0.15) is 0 Å². The molecule has 0 amide bonds. The molecule has 2 aromatic heterocycles. The van der Waals surface area contributed by atoms with E-state index in [1.165, 1.54) is 49.8 Å². The minimum Gasteiger partial charge on any atom is -0.456 e. The van der Waals surface area contributed by atoms with E-state index in [2.05, 4.69) is 405 Å². The summed E-state index contributed by atoms with van der Waals surface area (Å²) in [4.78, 5) is 5.47. The largest absolute Gasteiger partial charge is 0.456 e. The van der Waals surface area contributed by atoms with E-state index in [9.17, 15) is 0 Å². The zero-order valence-corrected chi connectivity index (χ0v) is 65.5. The van der Waals surface area contributed by atoms with Crippen molar-refractivity contribution in [2.24, 2.45) is 0 Å². The first kappa shape index (κ1) is 69.1. The summed E-state index contributed by atoms with van der Waals surface area (Å²) < 4.78 is 13.7. The van der Waals surface area contributed by atoms with E-state index in [0.29, 0.717) is 0 Å². The van der Waals surface area contributed by atoms with Gasteiger partial charge in [-0.15, -0.1) is 0 Å². The van der Waals surface area contributed by atoms with Crippen LogP contribution in [0.25, 0.3) is 122 Å². The van der Waals surface area contributed by atoms with Crippen molar-refractivity contribution in [2.45, 2.75) is 131 Å². The highest BCUT2D eigenvalue weighted by Gasteiger charge is 2.47. The third-order valence-electron chi connectivity index (χ3n) is 23.2. The fourth-order valence-corrected chi connectivity index (χ4v) is 17.0. The molecule has 0 unspecified atom stereocenters. The van der Waals surface area contributed by atoms with Gasteiger partial charge in [-0.3, -0.25) is 0 Å². The molecule has 2 aliphatic heterocycles. The number of fused-ring (bicyclic) bond motifs is 10. The predicted molar refractivity (Wildman–Crippen MR) is 467 cm³/mol. The summed E-state index contributed by atoms with van der Waals surface area (Å²) in [6.45, 7) is 35.1. The minimum atomic E-state index is -0.249. The first-order valence-corrected chi connectivity index (χ1v) is 38.9. The van der Waals surface area contributed by atoms with Gasteiger partial charge >= 0.3 is 0 Å². The maximum absolute atomic E-state index is 7.18. The van der Waals surface area contributed by atoms with E-state index in [-0.39, 0.29) is 33.8 Å². The summed E-state index contributed by atoms with van der Waals surface area (Å²) in [5, 5.41) is 4.25. The number of hydrogen-bond acceptors (Lipinski definition) is 4. The zero-order valence-electron chi connectivity index (χ0n) is 65.5. The second-order valence-electron chi connectivity index (χ2n) is 35.7. The first-order chi connectivity index (χ1) is 52.2. The zero-order chi connectivity index (χ0) is 75.4. The molecule has 109 heavy (non-hydrogen) atoms. The van der Waals surface area contributed by atoms with Crippen LogP contribution < -0.4 is 26.2 Å². The molecule has 0 radical (unpaired) electrons. The van der Waals surface area contributed by atoms with Crippen LogP contribution in [0.4, 0.5) is 34.1 Å². The molecule has 0 bridgehead atoms. The van der Waals surface area contributed by atoms with Crippen LogP contribution >= 0.6 is 0 Å². The molecular formula is C104H93BN2O2. The molecule has 5 heteroatoms. The van der Waals surface area contributed by atoms with Gasteiger partial charge < -0.3 is 18.6 Å². The average Bonchev–Trinajstić information content (AvgIpc) is 1.26. The van der Waals surface area contributed by atoms with Crippen molar-refractivity contribution in [1.82, 2.24) is 0 Å². The third-order valence-corrected chi connectivity index (χ3v) is 23.2. The summed E-state index contributed by atoms with van der Waals surface area (Å²) in [5.74, 6) is 0. The lowest BCUT2D eigenvalue weighted by Gasteiger charge is -2.46. The highest BCUT2D eigenvalue weighted by atomic mass is 16.3. The van der Waals surface area contributed by atoms with Gasteiger partial charge in [0, 0.05) is 72.1 Å². The predicted octanol–water partition coefficient (Wildman–Crippen LogP) is 27.7. The number of hydrogen-bond donors (Lipinski definition) is 0. The Bertz CT molecular complexity index is 6150. The molecule has 18 rings (SSSR count). The molecule has 534 valence electrons. The molecule has 0 N–H and O–H groups in total. The Labute approximate surface area is 643 Å². The maximum atomic E-state index is 7.18. The third kappa shape index (κ3) is 12.0. The van der Waals surface area contributed by atoms with Crippen molar-refractivity contribution in [3.05, 3.63) is 319 Å². The molecule has 0 spiro atoms. The second-order valence-corrected chi connectivity index (χ2v) is 35.7. The standard InChI is InChI=1S/C104H93BN2O2/c1-100(2,3)73-46-48-88-90(63-73)107(98-82(66-36-24-18-25-37-66)61-77(104(13,14)15)62-83(98)67-38-26-19-27-39-67)92-57-72(71-53-84(99-86(54-71)79-41-29-31-43-94(79)109-99)69-45-49-95-85(52-69)78-40-28-30-42-93(78)108-95)56-91-96(92)105(88)87-47-44-68(70-50-74(101(4,5)6)58-75(51-70)102(7,8)9)55-89(87)106(91)97-80(64-32-20-16-21-33-64)59-76(103(10,11)12)60-81(97)65-34-22-17-23-35-65/h16-63H,1-15H3. The lowest BCUT2D eigenvalue weighted by Crippen LogP contribution is -2.61. The van der Waals surface area contributed by atoms with E-state index in [1.54, 1.807) is 0 Å². The summed E-state index contributed by atoms with van der Waals surface area (Å²) in [6.07, 6.45) is 0. The van der Waals surface area contributed by atoms with Gasteiger partial charge in [0.25, 0.3) is 6.71 Å². The number of para-hydroxylation sites is 2. The van der Waals surface area contributed by atoms with Gasteiger partial charge in [0.1, 0.15) is 22.3 Å². The molecule has 0 saturated carbocycles. The van der Waals surface area contributed by atoms with Gasteiger partial charge in [0.2, 0.25) is 0 Å². The molecular weight excluding hydrogens is 1320 g/mol. The SMILES string of the molecule is CC(C)(C)c1cc(-c2ccc3c(c2)N(c2c(-c4ccccc4)cc(C(C)(C)C)cc2-c2ccccc2)c2cc(-c4cc(-c5ccc6oc7ccccc7c6c5)c5oc6ccccc6c5c4)cc4c2B3c2ccc(C(C)(C)C)cc2N4c2c(-c3ccccc3)cc(C(C)(C)C)cc2-c2ccccc2)cc(C(C)(C)C)c1. The van der Waals surface area contributed by atoms with Crippen LogP contribution in [-0.4, -0.2) is 6.71 Å². The van der Waals surface area contributed by atoms with Crippen LogP contribution in [0.2, 0.25) is 0 Å². The van der Waals surface area contributed by atoms with Crippen LogP contribution in [0.5, 0.6) is 0 Å². The normalized spacial score (nSPS) is 13.2. The van der Waals surface area contributed by atoms with Crippen molar-refractivity contribution in [3.63, 3.8) is 0 Å². The van der Waals surface area contributed by atoms with Crippen molar-refractivity contribution in [3.8, 4) is 77.9 Å². The Hall–Kier alpha value is -11.7. The molecule has 0 atom stereocenters. The van der Waals surface area contributed by atoms with Crippen molar-refractivity contribution in [1.29, 1.82) is 0 Å². The van der Waals surface area contributed by atoms with Gasteiger partial charge in [0.15, 0.2) is 0 Å². The Morgan fingerprint density at radius 3 is 1.06 bits per heavy atom. The second kappa shape index (κ2) is 25.5. The van der Waals surface area contributed by atoms with E-state index < -0.39 is 0 Å². The quantitative estimate of drug-likeness (QED) is 0.135. The Balaban J connectivity index is 1.05. The average molecular weight is 1410 g/mol.